The molecular formula is C14H12BN5. The molecule has 0 spiro atoms. The lowest BCUT2D eigenvalue weighted by atomic mass is 9.96. The van der Waals surface area contributed by atoms with E-state index in [2.05, 4.69) is 25.6 Å². The molecule has 2 aromatic heterocycles. The molecule has 5 nitrogen and oxygen atoms in total. The van der Waals surface area contributed by atoms with Crippen LogP contribution in [0, 0.1) is 0 Å². The number of anilines is 3. The Bertz CT molecular complexity index is 759. The van der Waals surface area contributed by atoms with E-state index in [1.165, 1.54) is 6.33 Å². The number of hydrogen-bond acceptors (Lipinski definition) is 5. The van der Waals surface area contributed by atoms with E-state index in [1.807, 2.05) is 37.4 Å². The third kappa shape index (κ3) is 2.40. The number of nitrogens with one attached hydrogen (secondary N) is 2. The number of benzene rings is 1. The Morgan fingerprint density at radius 2 is 2.00 bits per heavy atom. The van der Waals surface area contributed by atoms with Gasteiger partial charge in [0.1, 0.15) is 25.8 Å². The summed E-state index contributed by atoms with van der Waals surface area (Å²) in [7, 11) is 7.60. The molecule has 0 aliphatic heterocycles. The maximum Gasteiger partial charge on any atom is 0.141 e. The van der Waals surface area contributed by atoms with Crippen molar-refractivity contribution >= 4 is 41.5 Å². The molecule has 0 saturated heterocycles. The molecule has 20 heavy (non-hydrogen) atoms. The van der Waals surface area contributed by atoms with Gasteiger partial charge in [-0.15, -0.1) is 0 Å². The van der Waals surface area contributed by atoms with Crippen molar-refractivity contribution in [3.63, 3.8) is 0 Å². The molecule has 0 bridgehead atoms. The van der Waals surface area contributed by atoms with Gasteiger partial charge in [0.2, 0.25) is 0 Å². The number of rotatable bonds is 3. The first-order valence-electron chi connectivity index (χ1n) is 6.17. The van der Waals surface area contributed by atoms with Crippen molar-refractivity contribution in [1.82, 2.24) is 15.0 Å². The van der Waals surface area contributed by atoms with E-state index >= 15 is 0 Å². The van der Waals surface area contributed by atoms with Gasteiger partial charge in [-0.1, -0.05) is 17.6 Å². The predicted molar refractivity (Wildman–Crippen MR) is 82.0 cm³/mol. The van der Waals surface area contributed by atoms with Crippen molar-refractivity contribution < 1.29 is 0 Å². The van der Waals surface area contributed by atoms with Gasteiger partial charge in [0.25, 0.3) is 0 Å². The molecule has 0 aliphatic carbocycles. The predicted octanol–water partition coefficient (Wildman–Crippen LogP) is 1.60. The van der Waals surface area contributed by atoms with Gasteiger partial charge in [0.15, 0.2) is 0 Å². The number of fused-ring (bicyclic) bond motifs is 1. The molecule has 0 unspecified atom stereocenters. The average molecular weight is 261 g/mol. The van der Waals surface area contributed by atoms with E-state index in [0.717, 1.165) is 28.2 Å². The zero-order valence-electron chi connectivity index (χ0n) is 11.0. The molecule has 0 atom stereocenters. The second-order valence-electron chi connectivity index (χ2n) is 4.31. The molecule has 3 rings (SSSR count). The minimum absolute atomic E-state index is 0.700. The van der Waals surface area contributed by atoms with Crippen LogP contribution in [0.15, 0.2) is 42.9 Å². The maximum atomic E-state index is 5.78. The molecular weight excluding hydrogens is 249 g/mol. The Kier molecular flexibility index (Phi) is 3.21. The van der Waals surface area contributed by atoms with Crippen molar-refractivity contribution in [3.05, 3.63) is 42.9 Å². The summed E-state index contributed by atoms with van der Waals surface area (Å²) in [4.78, 5) is 12.7. The molecule has 0 aliphatic rings. The third-order valence-electron chi connectivity index (χ3n) is 2.93. The second-order valence-corrected chi connectivity index (χ2v) is 4.31. The Labute approximate surface area is 117 Å². The molecule has 6 heteroatoms. The van der Waals surface area contributed by atoms with Crippen LogP contribution in [0.25, 0.3) is 10.9 Å². The van der Waals surface area contributed by atoms with Gasteiger partial charge in [0.05, 0.1) is 11.7 Å². The van der Waals surface area contributed by atoms with Crippen LogP contribution in [-0.4, -0.2) is 29.8 Å². The summed E-state index contributed by atoms with van der Waals surface area (Å²) in [5.74, 6) is 1.49. The summed E-state index contributed by atoms with van der Waals surface area (Å²) in [6, 6.07) is 9.43. The zero-order chi connectivity index (χ0) is 13.9. The van der Waals surface area contributed by atoms with Gasteiger partial charge < -0.3 is 10.6 Å². The van der Waals surface area contributed by atoms with Crippen LogP contribution >= 0.6 is 0 Å². The quantitative estimate of drug-likeness (QED) is 0.701. The van der Waals surface area contributed by atoms with Gasteiger partial charge in [-0.2, -0.15) is 0 Å². The van der Waals surface area contributed by atoms with Crippen molar-refractivity contribution in [3.8, 4) is 0 Å². The molecule has 0 fully saturated rings. The van der Waals surface area contributed by atoms with Crippen molar-refractivity contribution in [2.75, 3.05) is 17.7 Å². The van der Waals surface area contributed by atoms with Gasteiger partial charge in [-0.25, -0.2) is 15.0 Å². The highest BCUT2D eigenvalue weighted by Gasteiger charge is 2.05. The highest BCUT2D eigenvalue weighted by atomic mass is 15.0. The zero-order valence-corrected chi connectivity index (χ0v) is 11.0. The van der Waals surface area contributed by atoms with Crippen LogP contribution in [0.1, 0.15) is 0 Å². The van der Waals surface area contributed by atoms with Crippen molar-refractivity contribution in [1.29, 1.82) is 0 Å². The lowest BCUT2D eigenvalue weighted by Gasteiger charge is -2.09. The second kappa shape index (κ2) is 5.17. The summed E-state index contributed by atoms with van der Waals surface area (Å²) < 4.78 is 0. The first kappa shape index (κ1) is 12.4. The number of hydrogen-bond donors (Lipinski definition) is 2. The van der Waals surface area contributed by atoms with Crippen LogP contribution in [0.2, 0.25) is 0 Å². The number of nitrogens with zero attached hydrogens (tertiary/aromatic N) is 3. The number of aromatic nitrogens is 3. The van der Waals surface area contributed by atoms with E-state index in [4.69, 9.17) is 7.85 Å². The first-order chi connectivity index (χ1) is 9.76. The van der Waals surface area contributed by atoms with Crippen molar-refractivity contribution in [2.45, 2.75) is 0 Å². The molecule has 2 heterocycles. The normalized spacial score (nSPS) is 10.4. The fourth-order valence-electron chi connectivity index (χ4n) is 1.95. The Morgan fingerprint density at radius 3 is 2.80 bits per heavy atom. The van der Waals surface area contributed by atoms with Gasteiger partial charge >= 0.3 is 0 Å². The topological polar surface area (TPSA) is 62.7 Å². The van der Waals surface area contributed by atoms with Crippen molar-refractivity contribution in [2.24, 2.45) is 0 Å². The molecule has 2 N–H and O–H groups in total. The largest absolute Gasteiger partial charge is 0.373 e. The third-order valence-corrected chi connectivity index (χ3v) is 2.93. The summed E-state index contributed by atoms with van der Waals surface area (Å²) in [5, 5.41) is 7.15. The number of pyridine rings is 1. The molecule has 2 radical (unpaired) electrons. The molecule has 3 aromatic rings. The Morgan fingerprint density at radius 1 is 1.10 bits per heavy atom. The van der Waals surface area contributed by atoms with Crippen LogP contribution in [0.5, 0.6) is 0 Å². The Hall–Kier alpha value is -2.63. The van der Waals surface area contributed by atoms with E-state index in [-0.39, 0.29) is 0 Å². The van der Waals surface area contributed by atoms with E-state index < -0.39 is 0 Å². The maximum absolute atomic E-state index is 5.78. The van der Waals surface area contributed by atoms with Crippen LogP contribution < -0.4 is 16.1 Å². The van der Waals surface area contributed by atoms with E-state index in [1.54, 1.807) is 6.20 Å². The van der Waals surface area contributed by atoms with Crippen LogP contribution in [0.4, 0.5) is 17.3 Å². The fraction of sp³-hybridized carbons (Fsp3) is 0.0714. The first-order valence-corrected chi connectivity index (χ1v) is 6.17. The monoisotopic (exact) mass is 261 g/mol. The fourth-order valence-corrected chi connectivity index (χ4v) is 1.95. The summed E-state index contributed by atoms with van der Waals surface area (Å²) in [5.41, 5.74) is 2.36. The van der Waals surface area contributed by atoms with Gasteiger partial charge in [-0.3, -0.25) is 0 Å². The minimum atomic E-state index is 0.700. The van der Waals surface area contributed by atoms with Crippen LogP contribution in [-0.2, 0) is 0 Å². The summed E-state index contributed by atoms with van der Waals surface area (Å²) in [6.45, 7) is 0. The lowest BCUT2D eigenvalue weighted by molar-refractivity contribution is 1.20. The smallest absolute Gasteiger partial charge is 0.141 e. The molecule has 0 amide bonds. The standard InChI is InChI=1S/C14H12BN5/c1-16-13-6-11-12(7-17-13)18-8-19-14(11)20-10-4-2-3-9(15)5-10/h2-8H,1H3,(H,16,17)(H,18,19,20). The SMILES string of the molecule is [B]c1cccc(Nc2ncnc3cnc(NC)cc23)c1. The van der Waals surface area contributed by atoms with E-state index in [0.29, 0.717) is 5.46 Å². The lowest BCUT2D eigenvalue weighted by Crippen LogP contribution is -2.03. The average Bonchev–Trinajstić information content (AvgIpc) is 2.47. The molecule has 96 valence electrons. The molecule has 1 aromatic carbocycles. The summed E-state index contributed by atoms with van der Waals surface area (Å²) >= 11 is 0. The van der Waals surface area contributed by atoms with Crippen LogP contribution in [0.3, 0.4) is 0 Å². The summed E-state index contributed by atoms with van der Waals surface area (Å²) in [6.07, 6.45) is 3.23. The molecule has 0 saturated carbocycles. The van der Waals surface area contributed by atoms with Gasteiger partial charge in [0, 0.05) is 18.1 Å². The highest BCUT2D eigenvalue weighted by molar-refractivity contribution is 6.32. The minimum Gasteiger partial charge on any atom is -0.373 e. The highest BCUT2D eigenvalue weighted by Crippen LogP contribution is 2.23. The van der Waals surface area contributed by atoms with E-state index in [9.17, 15) is 0 Å². The van der Waals surface area contributed by atoms with Gasteiger partial charge in [-0.05, 0) is 18.2 Å². The Balaban J connectivity index is 2.06.